The van der Waals surface area contributed by atoms with Gasteiger partial charge in [0.1, 0.15) is 6.10 Å². The quantitative estimate of drug-likeness (QED) is 0.0250. The maximum absolute atomic E-state index is 13.1. The molecule has 0 saturated heterocycles. The maximum Gasteiger partial charge on any atom is 0.306 e. The highest BCUT2D eigenvalue weighted by Gasteiger charge is 2.24. The molecular formula is C49H85NO5. The Hall–Kier alpha value is -2.70. The number of unbranched alkanes of at least 4 members (excludes halogenated alkanes) is 19. The van der Waals surface area contributed by atoms with Crippen molar-refractivity contribution in [1.82, 2.24) is 5.32 Å². The highest BCUT2D eigenvalue weighted by atomic mass is 16.5. The molecule has 0 fully saturated rings. The van der Waals surface area contributed by atoms with Gasteiger partial charge in [0.2, 0.25) is 5.91 Å². The summed E-state index contributed by atoms with van der Waals surface area (Å²) in [6.45, 7) is 6.27. The van der Waals surface area contributed by atoms with Crippen molar-refractivity contribution >= 4 is 11.9 Å². The van der Waals surface area contributed by atoms with Crippen LogP contribution in [0.4, 0.5) is 0 Å². The molecule has 3 atom stereocenters. The van der Waals surface area contributed by atoms with Crippen molar-refractivity contribution in [3.05, 3.63) is 72.9 Å². The molecule has 0 aromatic rings. The van der Waals surface area contributed by atoms with Crippen LogP contribution in [0.2, 0.25) is 0 Å². The average molecular weight is 768 g/mol. The lowest BCUT2D eigenvalue weighted by atomic mass is 10.0. The summed E-state index contributed by atoms with van der Waals surface area (Å²) in [6.07, 6.45) is 52.5. The molecule has 0 rings (SSSR count). The van der Waals surface area contributed by atoms with Crippen molar-refractivity contribution < 1.29 is 24.5 Å². The summed E-state index contributed by atoms with van der Waals surface area (Å²) in [5, 5.41) is 23.6. The predicted molar refractivity (Wildman–Crippen MR) is 236 cm³/mol. The van der Waals surface area contributed by atoms with Crippen LogP contribution < -0.4 is 5.32 Å². The topological polar surface area (TPSA) is 95.9 Å². The van der Waals surface area contributed by atoms with Crippen molar-refractivity contribution in [2.75, 3.05) is 6.61 Å². The van der Waals surface area contributed by atoms with Crippen LogP contribution >= 0.6 is 0 Å². The Kier molecular flexibility index (Phi) is 40.4. The third-order valence-corrected chi connectivity index (χ3v) is 9.90. The number of nitrogens with one attached hydrogen (secondary N) is 1. The molecule has 6 heteroatoms. The minimum absolute atomic E-state index is 0.0198. The number of esters is 1. The number of ether oxygens (including phenoxy) is 1. The Labute approximate surface area is 339 Å². The molecule has 0 spiro atoms. The van der Waals surface area contributed by atoms with E-state index in [1.165, 1.54) is 83.5 Å². The van der Waals surface area contributed by atoms with Crippen LogP contribution in [-0.4, -0.2) is 46.9 Å². The normalized spacial score (nSPS) is 14.1. The van der Waals surface area contributed by atoms with Crippen molar-refractivity contribution in [1.29, 1.82) is 0 Å². The first-order chi connectivity index (χ1) is 27.0. The summed E-state index contributed by atoms with van der Waals surface area (Å²) < 4.78 is 5.85. The summed E-state index contributed by atoms with van der Waals surface area (Å²) in [5.74, 6) is -0.572. The van der Waals surface area contributed by atoms with Crippen LogP contribution in [-0.2, 0) is 14.3 Å². The van der Waals surface area contributed by atoms with Gasteiger partial charge in [-0.05, 0) is 64.2 Å². The molecule has 6 nitrogen and oxygen atoms in total. The zero-order chi connectivity index (χ0) is 40.3. The van der Waals surface area contributed by atoms with Crippen LogP contribution in [0, 0.1) is 0 Å². The summed E-state index contributed by atoms with van der Waals surface area (Å²) in [7, 11) is 0. The number of amides is 1. The van der Waals surface area contributed by atoms with Gasteiger partial charge in [0.25, 0.3) is 0 Å². The number of hydrogen-bond donors (Lipinski definition) is 3. The van der Waals surface area contributed by atoms with E-state index in [9.17, 15) is 19.8 Å². The second-order valence-corrected chi connectivity index (χ2v) is 15.2. The van der Waals surface area contributed by atoms with E-state index in [4.69, 9.17) is 4.74 Å². The molecule has 0 radical (unpaired) electrons. The zero-order valence-corrected chi connectivity index (χ0v) is 35.8. The van der Waals surface area contributed by atoms with Gasteiger partial charge in [-0.25, -0.2) is 0 Å². The lowest BCUT2D eigenvalue weighted by Crippen LogP contribution is -2.46. The molecule has 316 valence electrons. The Morgan fingerprint density at radius 2 is 1.02 bits per heavy atom. The van der Waals surface area contributed by atoms with Gasteiger partial charge in [-0.15, -0.1) is 0 Å². The first-order valence-corrected chi connectivity index (χ1v) is 22.7. The number of aliphatic hydroxyl groups excluding tert-OH is 2. The van der Waals surface area contributed by atoms with E-state index >= 15 is 0 Å². The molecule has 0 aromatic heterocycles. The molecule has 0 aliphatic heterocycles. The minimum Gasteiger partial charge on any atom is -0.462 e. The summed E-state index contributed by atoms with van der Waals surface area (Å²) in [4.78, 5) is 25.9. The van der Waals surface area contributed by atoms with Crippen LogP contribution in [0.3, 0.4) is 0 Å². The van der Waals surface area contributed by atoms with Crippen molar-refractivity contribution in [3.63, 3.8) is 0 Å². The highest BCUT2D eigenvalue weighted by Crippen LogP contribution is 2.16. The first kappa shape index (κ1) is 52.3. The smallest absolute Gasteiger partial charge is 0.306 e. The van der Waals surface area contributed by atoms with E-state index in [1.807, 2.05) is 48.6 Å². The summed E-state index contributed by atoms with van der Waals surface area (Å²) in [6, 6.07) is -0.727. The molecule has 0 aliphatic carbocycles. The van der Waals surface area contributed by atoms with E-state index in [0.29, 0.717) is 19.3 Å². The SMILES string of the molecule is CC/C=C/C=C/C=C\C=C/C=C/CCCC(CC(=O)NC(CO)C(O)CCCCCCCCCCCC)OC(=O)CCCCC/C=C\CCCCCCCC. The molecule has 0 heterocycles. The molecular weight excluding hydrogens is 683 g/mol. The molecule has 0 aromatic carbocycles. The second kappa shape index (κ2) is 42.4. The Bertz CT molecular complexity index is 1040. The maximum atomic E-state index is 13.1. The largest absolute Gasteiger partial charge is 0.462 e. The fraction of sp³-hybridized carbons (Fsp3) is 0.714. The number of carbonyl (C=O) groups excluding carboxylic acids is 2. The summed E-state index contributed by atoms with van der Waals surface area (Å²) >= 11 is 0. The Balaban J connectivity index is 4.77. The lowest BCUT2D eigenvalue weighted by Gasteiger charge is -2.24. The monoisotopic (exact) mass is 768 g/mol. The molecule has 3 N–H and O–H groups in total. The van der Waals surface area contributed by atoms with Crippen LogP contribution in [0.5, 0.6) is 0 Å². The molecule has 1 amide bonds. The van der Waals surface area contributed by atoms with Gasteiger partial charge in [0.05, 0.1) is 25.2 Å². The zero-order valence-electron chi connectivity index (χ0n) is 35.8. The third kappa shape index (κ3) is 38.0. The van der Waals surface area contributed by atoms with E-state index in [1.54, 1.807) is 0 Å². The third-order valence-electron chi connectivity index (χ3n) is 9.90. The van der Waals surface area contributed by atoms with Gasteiger partial charge < -0.3 is 20.3 Å². The fourth-order valence-electron chi connectivity index (χ4n) is 6.45. The molecule has 0 aliphatic rings. The van der Waals surface area contributed by atoms with Gasteiger partial charge in [0, 0.05) is 6.42 Å². The molecule has 0 saturated carbocycles. The first-order valence-electron chi connectivity index (χ1n) is 22.7. The van der Waals surface area contributed by atoms with Crippen LogP contribution in [0.25, 0.3) is 0 Å². The van der Waals surface area contributed by atoms with Gasteiger partial charge in [-0.3, -0.25) is 9.59 Å². The van der Waals surface area contributed by atoms with E-state index in [2.05, 4.69) is 50.4 Å². The second-order valence-electron chi connectivity index (χ2n) is 15.2. The van der Waals surface area contributed by atoms with E-state index < -0.39 is 18.2 Å². The minimum atomic E-state index is -0.809. The van der Waals surface area contributed by atoms with Gasteiger partial charge >= 0.3 is 5.97 Å². The van der Waals surface area contributed by atoms with Crippen LogP contribution in [0.15, 0.2) is 72.9 Å². The number of allylic oxidation sites excluding steroid dienone is 12. The Morgan fingerprint density at radius 1 is 0.545 bits per heavy atom. The van der Waals surface area contributed by atoms with Crippen molar-refractivity contribution in [2.24, 2.45) is 0 Å². The van der Waals surface area contributed by atoms with E-state index in [0.717, 1.165) is 70.6 Å². The number of hydrogen-bond acceptors (Lipinski definition) is 5. The number of carbonyl (C=O) groups is 2. The van der Waals surface area contributed by atoms with Gasteiger partial charge in [-0.2, -0.15) is 0 Å². The summed E-state index contributed by atoms with van der Waals surface area (Å²) in [5.41, 5.74) is 0. The fourth-order valence-corrected chi connectivity index (χ4v) is 6.45. The van der Waals surface area contributed by atoms with Gasteiger partial charge in [0.15, 0.2) is 0 Å². The van der Waals surface area contributed by atoms with Crippen molar-refractivity contribution in [3.8, 4) is 0 Å². The lowest BCUT2D eigenvalue weighted by molar-refractivity contribution is -0.151. The van der Waals surface area contributed by atoms with Crippen molar-refractivity contribution in [2.45, 2.75) is 219 Å². The van der Waals surface area contributed by atoms with Crippen LogP contribution in [0.1, 0.15) is 201 Å². The molecule has 3 unspecified atom stereocenters. The Morgan fingerprint density at radius 3 is 1.56 bits per heavy atom. The molecule has 55 heavy (non-hydrogen) atoms. The van der Waals surface area contributed by atoms with Gasteiger partial charge in [-0.1, -0.05) is 196 Å². The number of aliphatic hydroxyl groups is 2. The highest BCUT2D eigenvalue weighted by molar-refractivity contribution is 5.77. The molecule has 0 bridgehead atoms. The predicted octanol–water partition coefficient (Wildman–Crippen LogP) is 13.1. The average Bonchev–Trinajstić information content (AvgIpc) is 3.18. The number of rotatable bonds is 39. The standard InChI is InChI=1S/C49H85NO5/c1-4-7-10-13-16-19-22-24-26-28-31-34-37-40-45(55-49(54)42-39-36-33-30-27-25-23-20-17-14-11-8-5-2)43-48(53)50-46(44-51)47(52)41-38-35-32-29-21-18-15-12-9-6-3/h7,10,13,16,19,22,24-28,31,45-47,51-52H,4-6,8-9,11-12,14-15,17-18,20-21,23,29-30,32-44H2,1-3H3,(H,50,53)/b10-7+,16-13+,22-19-,26-24-,27-25-,31-28+. The van der Waals surface area contributed by atoms with E-state index in [-0.39, 0.29) is 24.9 Å².